The van der Waals surface area contributed by atoms with Crippen molar-refractivity contribution in [3.8, 4) is 11.5 Å². The van der Waals surface area contributed by atoms with Gasteiger partial charge in [-0.1, -0.05) is 0 Å². The van der Waals surface area contributed by atoms with Crippen molar-refractivity contribution >= 4 is 28.5 Å². The predicted molar refractivity (Wildman–Crippen MR) is 130 cm³/mol. The molecular formula is C25H29N5O5. The number of nitrogens with one attached hydrogen (secondary N) is 1. The van der Waals surface area contributed by atoms with E-state index in [-0.39, 0.29) is 23.5 Å². The van der Waals surface area contributed by atoms with Crippen LogP contribution in [0, 0.1) is 0 Å². The minimum Gasteiger partial charge on any atom is -0.505 e. The van der Waals surface area contributed by atoms with Gasteiger partial charge in [-0.05, 0) is 37.8 Å². The van der Waals surface area contributed by atoms with Crippen LogP contribution >= 0.6 is 0 Å². The lowest BCUT2D eigenvalue weighted by molar-refractivity contribution is 0.0597. The van der Waals surface area contributed by atoms with E-state index in [0.29, 0.717) is 19.0 Å². The molecule has 0 unspecified atom stereocenters. The van der Waals surface area contributed by atoms with Crippen LogP contribution in [0.25, 0.3) is 11.0 Å². The quantitative estimate of drug-likeness (QED) is 0.510. The number of hydrogen-bond acceptors (Lipinski definition) is 10. The Kier molecular flexibility index (Phi) is 6.80. The average molecular weight is 480 g/mol. The number of aromatic hydroxyl groups is 1. The summed E-state index contributed by atoms with van der Waals surface area (Å²) >= 11 is 0. The monoisotopic (exact) mass is 479 g/mol. The van der Waals surface area contributed by atoms with Crippen molar-refractivity contribution in [3.05, 3.63) is 42.4 Å². The molecule has 0 radical (unpaired) electrons. The minimum atomic E-state index is -0.598. The van der Waals surface area contributed by atoms with Crippen LogP contribution in [0.15, 0.2) is 36.8 Å². The zero-order chi connectivity index (χ0) is 24.2. The second-order valence-electron chi connectivity index (χ2n) is 8.78. The lowest BCUT2D eigenvalue weighted by Crippen LogP contribution is -2.36. The summed E-state index contributed by atoms with van der Waals surface area (Å²) in [6.45, 7) is 3.10. The van der Waals surface area contributed by atoms with Gasteiger partial charge in [-0.2, -0.15) is 0 Å². The first-order valence-electron chi connectivity index (χ1n) is 11.9. The fourth-order valence-electron chi connectivity index (χ4n) is 4.64. The number of rotatable bonds is 6. The van der Waals surface area contributed by atoms with E-state index in [0.717, 1.165) is 61.2 Å². The van der Waals surface area contributed by atoms with Crippen LogP contribution in [-0.2, 0) is 9.47 Å². The Morgan fingerprint density at radius 1 is 1.09 bits per heavy atom. The second-order valence-corrected chi connectivity index (χ2v) is 8.78. The average Bonchev–Trinajstić information content (AvgIpc) is 2.91. The number of carbonyl (C=O) groups is 1. The van der Waals surface area contributed by atoms with E-state index in [4.69, 9.17) is 14.2 Å². The third-order valence-electron chi connectivity index (χ3n) is 6.51. The summed E-state index contributed by atoms with van der Waals surface area (Å²) in [4.78, 5) is 27.4. The standard InChI is InChI=1S/C25H29N5O5/c1-33-25(32)19-14-23(28-15-21(19)31)29-16-2-4-18(5-3-16)35-22-13-17(30-8-10-34-11-9-30)12-20-24(22)27-7-6-26-20/h6-7,12-16,18,31H,2-5,8-11H2,1H3,(H,28,29). The molecule has 1 saturated heterocycles. The zero-order valence-corrected chi connectivity index (χ0v) is 19.6. The molecule has 184 valence electrons. The van der Waals surface area contributed by atoms with Crippen LogP contribution in [0.5, 0.6) is 11.5 Å². The molecule has 5 rings (SSSR count). The topological polar surface area (TPSA) is 119 Å². The fraction of sp³-hybridized carbons (Fsp3) is 0.440. The Morgan fingerprint density at radius 2 is 1.86 bits per heavy atom. The second kappa shape index (κ2) is 10.3. The van der Waals surface area contributed by atoms with E-state index >= 15 is 0 Å². The summed E-state index contributed by atoms with van der Waals surface area (Å²) in [6, 6.07) is 5.84. The first-order chi connectivity index (χ1) is 17.1. The molecule has 0 amide bonds. The summed E-state index contributed by atoms with van der Waals surface area (Å²) in [6.07, 6.45) is 8.22. The normalized spacial score (nSPS) is 20.4. The Morgan fingerprint density at radius 3 is 2.63 bits per heavy atom. The Bertz CT molecular complexity index is 1190. The van der Waals surface area contributed by atoms with Crippen molar-refractivity contribution in [2.45, 2.75) is 37.8 Å². The summed E-state index contributed by atoms with van der Waals surface area (Å²) in [5, 5.41) is 13.2. The molecule has 3 heterocycles. The van der Waals surface area contributed by atoms with Crippen LogP contribution in [0.4, 0.5) is 11.5 Å². The van der Waals surface area contributed by atoms with Gasteiger partial charge in [-0.25, -0.2) is 14.8 Å². The number of hydrogen-bond donors (Lipinski definition) is 2. The molecule has 35 heavy (non-hydrogen) atoms. The van der Waals surface area contributed by atoms with Crippen molar-refractivity contribution < 1.29 is 24.1 Å². The predicted octanol–water partition coefficient (Wildman–Crippen LogP) is 3.16. The van der Waals surface area contributed by atoms with Crippen LogP contribution in [0.2, 0.25) is 0 Å². The maximum Gasteiger partial charge on any atom is 0.341 e. The molecule has 2 aliphatic rings. The molecule has 3 aromatic rings. The van der Waals surface area contributed by atoms with Gasteiger partial charge in [-0.3, -0.25) is 4.98 Å². The molecule has 2 fully saturated rings. The van der Waals surface area contributed by atoms with Gasteiger partial charge in [0.2, 0.25) is 0 Å². The maximum atomic E-state index is 11.8. The molecule has 2 N–H and O–H groups in total. The van der Waals surface area contributed by atoms with E-state index in [9.17, 15) is 9.90 Å². The van der Waals surface area contributed by atoms with E-state index in [2.05, 4.69) is 37.3 Å². The van der Waals surface area contributed by atoms with Gasteiger partial charge in [0.25, 0.3) is 0 Å². The van der Waals surface area contributed by atoms with Gasteiger partial charge < -0.3 is 29.5 Å². The maximum absolute atomic E-state index is 11.8. The molecular weight excluding hydrogens is 450 g/mol. The third-order valence-corrected chi connectivity index (χ3v) is 6.51. The van der Waals surface area contributed by atoms with Gasteiger partial charge >= 0.3 is 5.97 Å². The Balaban J connectivity index is 1.25. The molecule has 2 aromatic heterocycles. The summed E-state index contributed by atoms with van der Waals surface area (Å²) in [5.41, 5.74) is 2.76. The smallest absolute Gasteiger partial charge is 0.341 e. The lowest BCUT2D eigenvalue weighted by atomic mass is 9.93. The largest absolute Gasteiger partial charge is 0.505 e. The molecule has 1 saturated carbocycles. The summed E-state index contributed by atoms with van der Waals surface area (Å²) in [5.74, 6) is 0.498. The number of carbonyl (C=O) groups excluding carboxylic acids is 1. The summed E-state index contributed by atoms with van der Waals surface area (Å²) < 4.78 is 16.7. The first-order valence-corrected chi connectivity index (χ1v) is 11.9. The molecule has 10 nitrogen and oxygen atoms in total. The number of nitrogens with zero attached hydrogens (tertiary/aromatic N) is 4. The number of benzene rings is 1. The highest BCUT2D eigenvalue weighted by Crippen LogP contribution is 2.33. The van der Waals surface area contributed by atoms with Gasteiger partial charge in [-0.15, -0.1) is 0 Å². The third kappa shape index (κ3) is 5.22. The number of pyridine rings is 1. The lowest BCUT2D eigenvalue weighted by Gasteiger charge is -2.31. The van der Waals surface area contributed by atoms with Gasteiger partial charge in [0.1, 0.15) is 28.4 Å². The number of morpholine rings is 1. The number of esters is 1. The molecule has 0 atom stereocenters. The minimum absolute atomic E-state index is 0.0663. The molecule has 0 bridgehead atoms. The summed E-state index contributed by atoms with van der Waals surface area (Å²) in [7, 11) is 1.28. The van der Waals surface area contributed by atoms with E-state index in [1.807, 2.05) is 0 Å². The Hall–Kier alpha value is -3.66. The van der Waals surface area contributed by atoms with Crippen LogP contribution in [0.3, 0.4) is 0 Å². The highest BCUT2D eigenvalue weighted by Gasteiger charge is 2.25. The molecule has 1 aliphatic heterocycles. The van der Waals surface area contributed by atoms with Crippen molar-refractivity contribution in [3.63, 3.8) is 0 Å². The van der Waals surface area contributed by atoms with Crippen molar-refractivity contribution in [2.24, 2.45) is 0 Å². The van der Waals surface area contributed by atoms with Crippen molar-refractivity contribution in [2.75, 3.05) is 43.6 Å². The Labute approximate surface area is 203 Å². The first kappa shape index (κ1) is 23.1. The number of fused-ring (bicyclic) bond motifs is 1. The van der Waals surface area contributed by atoms with Crippen LogP contribution in [-0.4, -0.2) is 71.6 Å². The van der Waals surface area contributed by atoms with Crippen LogP contribution < -0.4 is 15.0 Å². The molecule has 1 aliphatic carbocycles. The van der Waals surface area contributed by atoms with Crippen LogP contribution in [0.1, 0.15) is 36.0 Å². The van der Waals surface area contributed by atoms with E-state index < -0.39 is 5.97 Å². The molecule has 0 spiro atoms. The molecule has 1 aromatic carbocycles. The zero-order valence-electron chi connectivity index (χ0n) is 19.6. The number of aromatic nitrogens is 3. The van der Waals surface area contributed by atoms with Crippen molar-refractivity contribution in [1.82, 2.24) is 15.0 Å². The SMILES string of the molecule is COC(=O)c1cc(NC2CCC(Oc3cc(N4CCOCC4)cc4nccnc34)CC2)ncc1O. The number of methoxy groups -OCH3 is 1. The van der Waals surface area contributed by atoms with Gasteiger partial charge in [0, 0.05) is 43.3 Å². The highest BCUT2D eigenvalue weighted by molar-refractivity contribution is 5.93. The molecule has 10 heteroatoms. The van der Waals surface area contributed by atoms with Gasteiger partial charge in [0.15, 0.2) is 0 Å². The van der Waals surface area contributed by atoms with Gasteiger partial charge in [0.05, 0.1) is 38.1 Å². The van der Waals surface area contributed by atoms with Crippen molar-refractivity contribution in [1.29, 1.82) is 0 Å². The van der Waals surface area contributed by atoms with E-state index in [1.54, 1.807) is 12.4 Å². The van der Waals surface area contributed by atoms with E-state index in [1.165, 1.54) is 19.4 Å². The highest BCUT2D eigenvalue weighted by atomic mass is 16.5. The fourth-order valence-corrected chi connectivity index (χ4v) is 4.64. The number of ether oxygens (including phenoxy) is 3. The number of anilines is 2.